The molecule has 0 aromatic heterocycles. The van der Waals surface area contributed by atoms with Gasteiger partial charge in [0.2, 0.25) is 0 Å². The zero-order valence-corrected chi connectivity index (χ0v) is 18.2. The average molecular weight is 335 g/mol. The van der Waals surface area contributed by atoms with E-state index in [2.05, 4.69) is 71.9 Å². The van der Waals surface area contributed by atoms with Gasteiger partial charge in [0.25, 0.3) is 0 Å². The number of rotatable bonds is 3. The van der Waals surface area contributed by atoms with Gasteiger partial charge in [0.05, 0.1) is 0 Å². The molecule has 24 heavy (non-hydrogen) atoms. The molecule has 0 nitrogen and oxygen atoms in total. The summed E-state index contributed by atoms with van der Waals surface area (Å²) in [6, 6.07) is 8.20. The van der Waals surface area contributed by atoms with Crippen LogP contribution in [0, 0.1) is 11.8 Å². The standard InChI is InChI=1S/C23H30Si/c1-13-10-15(3)21(17(13)5)20-9-7-8-19(12-24)23(20)22-16(4)11-14(2)18(22)6/h7-11,15-16H,12H2,1-6,24H3. The first-order chi connectivity index (χ1) is 11.4. The summed E-state index contributed by atoms with van der Waals surface area (Å²) < 4.78 is 0. The smallest absolute Gasteiger partial charge is 0.00836 e. The van der Waals surface area contributed by atoms with Crippen LogP contribution in [-0.2, 0) is 6.04 Å². The fraction of sp³-hybridized carbons (Fsp3) is 0.391. The molecule has 0 saturated carbocycles. The van der Waals surface area contributed by atoms with Crippen molar-refractivity contribution in [2.75, 3.05) is 0 Å². The maximum absolute atomic E-state index is 2.43. The van der Waals surface area contributed by atoms with Crippen LogP contribution in [0.25, 0.3) is 11.1 Å². The molecule has 0 bridgehead atoms. The van der Waals surface area contributed by atoms with E-state index in [0.29, 0.717) is 11.8 Å². The van der Waals surface area contributed by atoms with Crippen LogP contribution in [0.4, 0.5) is 0 Å². The second-order valence-corrected chi connectivity index (χ2v) is 8.25. The Balaban J connectivity index is 2.29. The summed E-state index contributed by atoms with van der Waals surface area (Å²) in [6.45, 7) is 13.8. The number of hydrogen-bond acceptors (Lipinski definition) is 0. The fourth-order valence-electron chi connectivity index (χ4n) is 4.57. The van der Waals surface area contributed by atoms with Gasteiger partial charge in [0.1, 0.15) is 0 Å². The van der Waals surface area contributed by atoms with Gasteiger partial charge in [-0.05, 0) is 72.7 Å². The highest BCUT2D eigenvalue weighted by molar-refractivity contribution is 6.09. The fourth-order valence-corrected chi connectivity index (χ4v) is 5.16. The quantitative estimate of drug-likeness (QED) is 0.659. The molecule has 2 unspecified atom stereocenters. The highest BCUT2D eigenvalue weighted by atomic mass is 28.1. The lowest BCUT2D eigenvalue weighted by Gasteiger charge is -2.23. The Morgan fingerprint density at radius 2 is 1.38 bits per heavy atom. The zero-order valence-electron chi connectivity index (χ0n) is 16.2. The van der Waals surface area contributed by atoms with Crippen molar-refractivity contribution in [1.82, 2.24) is 0 Å². The van der Waals surface area contributed by atoms with Gasteiger partial charge in [-0.2, -0.15) is 0 Å². The monoisotopic (exact) mass is 334 g/mol. The molecule has 1 aromatic carbocycles. The van der Waals surface area contributed by atoms with E-state index in [-0.39, 0.29) is 0 Å². The van der Waals surface area contributed by atoms with Crippen molar-refractivity contribution in [2.24, 2.45) is 11.8 Å². The van der Waals surface area contributed by atoms with E-state index in [1.54, 1.807) is 11.1 Å². The predicted molar refractivity (Wildman–Crippen MR) is 111 cm³/mol. The van der Waals surface area contributed by atoms with E-state index in [1.807, 2.05) is 0 Å². The topological polar surface area (TPSA) is 0 Å². The third kappa shape index (κ3) is 2.59. The van der Waals surface area contributed by atoms with Crippen molar-refractivity contribution < 1.29 is 0 Å². The Bertz CT molecular complexity index is 814. The molecule has 0 radical (unpaired) electrons. The van der Waals surface area contributed by atoms with Gasteiger partial charge in [-0.1, -0.05) is 55.3 Å². The van der Waals surface area contributed by atoms with Crippen LogP contribution < -0.4 is 0 Å². The molecular weight excluding hydrogens is 304 g/mol. The Morgan fingerprint density at radius 3 is 1.83 bits per heavy atom. The van der Waals surface area contributed by atoms with Crippen molar-refractivity contribution in [3.8, 4) is 0 Å². The third-order valence-electron chi connectivity index (χ3n) is 5.99. The maximum atomic E-state index is 2.43. The van der Waals surface area contributed by atoms with Gasteiger partial charge >= 0.3 is 0 Å². The van der Waals surface area contributed by atoms with Crippen LogP contribution in [0.15, 0.2) is 52.6 Å². The molecule has 0 N–H and O–H groups in total. The van der Waals surface area contributed by atoms with Crippen molar-refractivity contribution in [3.05, 3.63) is 69.3 Å². The first kappa shape index (κ1) is 17.2. The molecule has 126 valence electrons. The summed E-state index contributed by atoms with van der Waals surface area (Å²) in [7, 11) is 1.21. The van der Waals surface area contributed by atoms with Crippen LogP contribution in [0.3, 0.4) is 0 Å². The van der Waals surface area contributed by atoms with Crippen LogP contribution in [0.5, 0.6) is 0 Å². The Morgan fingerprint density at radius 1 is 0.833 bits per heavy atom. The van der Waals surface area contributed by atoms with E-state index in [1.165, 1.54) is 55.3 Å². The normalized spacial score (nSPS) is 24.1. The summed E-state index contributed by atoms with van der Waals surface area (Å²) in [5.74, 6) is 1.03. The predicted octanol–water partition coefficient (Wildman–Crippen LogP) is 5.29. The molecule has 0 saturated heterocycles. The van der Waals surface area contributed by atoms with Crippen LogP contribution in [0.1, 0.15) is 58.2 Å². The van der Waals surface area contributed by atoms with Crippen molar-refractivity contribution >= 4 is 21.4 Å². The van der Waals surface area contributed by atoms with Crippen molar-refractivity contribution in [3.63, 3.8) is 0 Å². The van der Waals surface area contributed by atoms with E-state index in [9.17, 15) is 0 Å². The molecule has 2 atom stereocenters. The molecule has 1 heteroatoms. The van der Waals surface area contributed by atoms with E-state index in [0.717, 1.165) is 0 Å². The second-order valence-electron chi connectivity index (χ2n) is 7.55. The molecule has 2 aliphatic rings. The SMILES string of the molecule is CC1=CC(C)C(c2cccc(C[SiH3])c2C2=C(C)C(C)=CC2C)=C1C. The van der Waals surface area contributed by atoms with E-state index >= 15 is 0 Å². The van der Waals surface area contributed by atoms with Crippen molar-refractivity contribution in [2.45, 2.75) is 47.6 Å². The minimum Gasteiger partial charge on any atom is -0.0740 e. The van der Waals surface area contributed by atoms with Crippen LogP contribution >= 0.6 is 0 Å². The first-order valence-electron chi connectivity index (χ1n) is 9.28. The summed E-state index contributed by atoms with van der Waals surface area (Å²) >= 11 is 0. The van der Waals surface area contributed by atoms with Crippen molar-refractivity contribution in [1.29, 1.82) is 0 Å². The lowest BCUT2D eigenvalue weighted by atomic mass is 9.82. The summed E-state index contributed by atoms with van der Waals surface area (Å²) in [5, 5.41) is 0. The average Bonchev–Trinajstić information content (AvgIpc) is 2.94. The highest BCUT2D eigenvalue weighted by Gasteiger charge is 2.28. The van der Waals surface area contributed by atoms with E-state index in [4.69, 9.17) is 0 Å². The molecule has 1 aromatic rings. The lowest BCUT2D eigenvalue weighted by molar-refractivity contribution is 0.956. The Kier molecular flexibility index (Phi) is 4.57. The highest BCUT2D eigenvalue weighted by Crippen LogP contribution is 2.46. The van der Waals surface area contributed by atoms with Crippen LogP contribution in [-0.4, -0.2) is 10.2 Å². The summed E-state index contributed by atoms with van der Waals surface area (Å²) in [6.07, 6.45) is 4.85. The third-order valence-corrected chi connectivity index (χ3v) is 6.75. The van der Waals surface area contributed by atoms with Gasteiger partial charge in [-0.3, -0.25) is 0 Å². The molecule has 2 aliphatic carbocycles. The number of benzene rings is 1. The first-order valence-corrected chi connectivity index (χ1v) is 10.7. The maximum Gasteiger partial charge on any atom is 0.00836 e. The molecule has 0 spiro atoms. The van der Waals surface area contributed by atoms with Gasteiger partial charge in [-0.25, -0.2) is 0 Å². The van der Waals surface area contributed by atoms with Crippen LogP contribution in [0.2, 0.25) is 0 Å². The summed E-state index contributed by atoms with van der Waals surface area (Å²) in [5.41, 5.74) is 13.5. The largest absolute Gasteiger partial charge is 0.0740 e. The molecule has 0 aliphatic heterocycles. The zero-order chi connectivity index (χ0) is 17.6. The van der Waals surface area contributed by atoms with Gasteiger partial charge < -0.3 is 0 Å². The lowest BCUT2D eigenvalue weighted by Crippen LogP contribution is -2.06. The molecule has 0 amide bonds. The Labute approximate surface area is 150 Å². The second kappa shape index (κ2) is 6.37. The molecule has 0 heterocycles. The number of allylic oxidation sites excluding steroid dienone is 8. The Hall–Kier alpha value is -1.60. The van der Waals surface area contributed by atoms with Gasteiger partial charge in [0.15, 0.2) is 0 Å². The van der Waals surface area contributed by atoms with Gasteiger partial charge in [-0.15, -0.1) is 0 Å². The minimum atomic E-state index is 0.514. The minimum absolute atomic E-state index is 0.514. The van der Waals surface area contributed by atoms with Gasteiger partial charge in [0, 0.05) is 22.1 Å². The van der Waals surface area contributed by atoms with E-state index < -0.39 is 0 Å². The molecule has 3 rings (SSSR count). The molecular formula is C23H30Si. The summed E-state index contributed by atoms with van der Waals surface area (Å²) in [4.78, 5) is 0. The molecule has 0 fully saturated rings. The number of hydrogen-bond donors (Lipinski definition) is 0.